The van der Waals surface area contributed by atoms with Crippen LogP contribution in [-0.2, 0) is 14.8 Å². The van der Waals surface area contributed by atoms with E-state index in [0.29, 0.717) is 24.8 Å². The van der Waals surface area contributed by atoms with E-state index in [4.69, 9.17) is 4.74 Å². The molecule has 1 saturated carbocycles. The Morgan fingerprint density at radius 2 is 1.93 bits per heavy atom. The number of ether oxygens (including phenoxy) is 1. The highest BCUT2D eigenvalue weighted by Gasteiger charge is 2.30. The molecule has 4 rings (SSSR count). The van der Waals surface area contributed by atoms with E-state index in [1.54, 1.807) is 12.1 Å². The number of nitrogens with one attached hydrogen (secondary N) is 1. The van der Waals surface area contributed by atoms with E-state index in [9.17, 15) is 13.2 Å². The molecule has 28 heavy (non-hydrogen) atoms. The van der Waals surface area contributed by atoms with Gasteiger partial charge in [-0.3, -0.25) is 9.69 Å². The van der Waals surface area contributed by atoms with Gasteiger partial charge in [0.25, 0.3) is 5.91 Å². The summed E-state index contributed by atoms with van der Waals surface area (Å²) in [6.45, 7) is 6.60. The molecule has 1 aromatic carbocycles. The first kappa shape index (κ1) is 19.8. The molecule has 0 bridgehead atoms. The van der Waals surface area contributed by atoms with Gasteiger partial charge in [-0.05, 0) is 50.3 Å². The number of aryl methyl sites for hydroxylation is 1. The fourth-order valence-electron chi connectivity index (χ4n) is 3.87. The standard InChI is InChI=1S/C20H29N3O4S/c1-15-4-7-18(28(25,26)21-16-5-6-16)13-19(15)20(24)23-10-8-22(9-11-23)14-17-3-2-12-27-17/h4,7,13,16-17,21H,2-3,5-6,8-12,14H2,1H3. The average Bonchev–Trinajstić information content (AvgIpc) is 3.33. The third-order valence-electron chi connectivity index (χ3n) is 5.79. The van der Waals surface area contributed by atoms with Gasteiger partial charge in [-0.1, -0.05) is 6.07 Å². The predicted molar refractivity (Wildman–Crippen MR) is 106 cm³/mol. The molecule has 154 valence electrons. The zero-order valence-electron chi connectivity index (χ0n) is 16.4. The van der Waals surface area contributed by atoms with Crippen molar-refractivity contribution in [2.75, 3.05) is 39.3 Å². The van der Waals surface area contributed by atoms with Crippen molar-refractivity contribution in [3.05, 3.63) is 29.3 Å². The van der Waals surface area contributed by atoms with Crippen LogP contribution >= 0.6 is 0 Å². The van der Waals surface area contributed by atoms with Gasteiger partial charge in [0.05, 0.1) is 11.0 Å². The molecule has 2 aliphatic heterocycles. The summed E-state index contributed by atoms with van der Waals surface area (Å²) in [7, 11) is -3.57. The normalized spacial score (nSPS) is 23.9. The molecule has 0 aromatic heterocycles. The lowest BCUT2D eigenvalue weighted by atomic mass is 10.1. The molecule has 1 unspecified atom stereocenters. The Hall–Kier alpha value is -1.48. The van der Waals surface area contributed by atoms with Crippen LogP contribution in [-0.4, -0.2) is 75.6 Å². The molecule has 2 saturated heterocycles. The van der Waals surface area contributed by atoms with E-state index < -0.39 is 10.0 Å². The van der Waals surface area contributed by atoms with Gasteiger partial charge in [0.1, 0.15) is 0 Å². The lowest BCUT2D eigenvalue weighted by Gasteiger charge is -2.36. The molecular formula is C20H29N3O4S. The fourth-order valence-corrected chi connectivity index (χ4v) is 5.20. The van der Waals surface area contributed by atoms with Gasteiger partial charge in [-0.15, -0.1) is 0 Å². The summed E-state index contributed by atoms with van der Waals surface area (Å²) in [4.78, 5) is 17.4. The van der Waals surface area contributed by atoms with Gasteiger partial charge in [-0.25, -0.2) is 13.1 Å². The average molecular weight is 408 g/mol. The van der Waals surface area contributed by atoms with Crippen molar-refractivity contribution in [3.8, 4) is 0 Å². The van der Waals surface area contributed by atoms with Crippen molar-refractivity contribution >= 4 is 15.9 Å². The molecule has 1 atom stereocenters. The van der Waals surface area contributed by atoms with Crippen LogP contribution < -0.4 is 4.72 Å². The second kappa shape index (κ2) is 8.10. The van der Waals surface area contributed by atoms with E-state index in [0.717, 1.165) is 57.5 Å². The summed E-state index contributed by atoms with van der Waals surface area (Å²) in [5.41, 5.74) is 1.28. The van der Waals surface area contributed by atoms with Gasteiger partial charge in [0.15, 0.2) is 0 Å². The van der Waals surface area contributed by atoms with Crippen LogP contribution in [0, 0.1) is 6.92 Å². The molecule has 8 heteroatoms. The van der Waals surface area contributed by atoms with E-state index in [-0.39, 0.29) is 16.8 Å². The Kier molecular flexibility index (Phi) is 5.73. The third kappa shape index (κ3) is 4.56. The maximum absolute atomic E-state index is 13.1. The summed E-state index contributed by atoms with van der Waals surface area (Å²) in [6, 6.07) is 4.88. The molecule has 3 fully saturated rings. The predicted octanol–water partition coefficient (Wildman–Crippen LogP) is 1.37. The maximum Gasteiger partial charge on any atom is 0.254 e. The molecule has 0 spiro atoms. The molecule has 0 radical (unpaired) electrons. The zero-order chi connectivity index (χ0) is 19.7. The molecule has 1 aliphatic carbocycles. The Bertz CT molecular complexity index is 824. The van der Waals surface area contributed by atoms with Crippen molar-refractivity contribution in [2.24, 2.45) is 0 Å². The smallest absolute Gasteiger partial charge is 0.254 e. The number of sulfonamides is 1. The Morgan fingerprint density at radius 3 is 2.57 bits per heavy atom. The quantitative estimate of drug-likeness (QED) is 0.771. The summed E-state index contributed by atoms with van der Waals surface area (Å²) in [6.07, 6.45) is 4.34. The number of carbonyl (C=O) groups excluding carboxylic acids is 1. The first-order chi connectivity index (χ1) is 13.4. The minimum Gasteiger partial charge on any atom is -0.377 e. The van der Waals surface area contributed by atoms with E-state index in [2.05, 4.69) is 9.62 Å². The van der Waals surface area contributed by atoms with Crippen LogP contribution in [0.3, 0.4) is 0 Å². The van der Waals surface area contributed by atoms with Crippen LogP contribution in [0.2, 0.25) is 0 Å². The Labute approximate surface area is 167 Å². The van der Waals surface area contributed by atoms with Gasteiger partial charge in [0, 0.05) is 50.9 Å². The van der Waals surface area contributed by atoms with Crippen LogP contribution in [0.4, 0.5) is 0 Å². The van der Waals surface area contributed by atoms with Crippen LogP contribution in [0.15, 0.2) is 23.1 Å². The largest absolute Gasteiger partial charge is 0.377 e. The highest BCUT2D eigenvalue weighted by atomic mass is 32.2. The molecule has 3 aliphatic rings. The fraction of sp³-hybridized carbons (Fsp3) is 0.650. The number of piperazine rings is 1. The maximum atomic E-state index is 13.1. The first-order valence-electron chi connectivity index (χ1n) is 10.2. The Morgan fingerprint density at radius 1 is 1.18 bits per heavy atom. The molecule has 2 heterocycles. The van der Waals surface area contributed by atoms with Crippen molar-refractivity contribution in [1.82, 2.24) is 14.5 Å². The SMILES string of the molecule is Cc1ccc(S(=O)(=O)NC2CC2)cc1C(=O)N1CCN(CC2CCCO2)CC1. The Balaban J connectivity index is 1.41. The molecule has 1 N–H and O–H groups in total. The van der Waals surface area contributed by atoms with Crippen LogP contribution in [0.25, 0.3) is 0 Å². The van der Waals surface area contributed by atoms with Crippen LogP contribution in [0.1, 0.15) is 41.6 Å². The number of carbonyl (C=O) groups is 1. The number of nitrogens with zero attached hydrogens (tertiary/aromatic N) is 2. The summed E-state index contributed by atoms with van der Waals surface area (Å²) in [5, 5.41) is 0. The highest BCUT2D eigenvalue weighted by Crippen LogP contribution is 2.24. The molecular weight excluding hydrogens is 378 g/mol. The summed E-state index contributed by atoms with van der Waals surface area (Å²) in [5.74, 6) is -0.0854. The number of rotatable bonds is 6. The van der Waals surface area contributed by atoms with Crippen molar-refractivity contribution in [2.45, 2.75) is 49.6 Å². The van der Waals surface area contributed by atoms with Gasteiger partial charge < -0.3 is 9.64 Å². The minimum atomic E-state index is -3.57. The van der Waals surface area contributed by atoms with Crippen LogP contribution in [0.5, 0.6) is 0 Å². The van der Waals surface area contributed by atoms with Crippen molar-refractivity contribution < 1.29 is 17.9 Å². The minimum absolute atomic E-state index is 0.0439. The third-order valence-corrected chi connectivity index (χ3v) is 7.31. The number of benzene rings is 1. The molecule has 1 amide bonds. The molecule has 7 nitrogen and oxygen atoms in total. The summed E-state index contributed by atoms with van der Waals surface area (Å²) < 4.78 is 33.4. The second-order valence-electron chi connectivity index (χ2n) is 8.10. The highest BCUT2D eigenvalue weighted by molar-refractivity contribution is 7.89. The van der Waals surface area contributed by atoms with Gasteiger partial charge >= 0.3 is 0 Å². The lowest BCUT2D eigenvalue weighted by molar-refractivity contribution is 0.0432. The van der Waals surface area contributed by atoms with Crippen molar-refractivity contribution in [3.63, 3.8) is 0 Å². The van der Waals surface area contributed by atoms with Crippen molar-refractivity contribution in [1.29, 1.82) is 0 Å². The van der Waals surface area contributed by atoms with Gasteiger partial charge in [-0.2, -0.15) is 0 Å². The number of hydrogen-bond acceptors (Lipinski definition) is 5. The second-order valence-corrected chi connectivity index (χ2v) is 9.81. The van der Waals surface area contributed by atoms with E-state index in [1.165, 1.54) is 6.07 Å². The van der Waals surface area contributed by atoms with E-state index >= 15 is 0 Å². The molecule has 1 aromatic rings. The van der Waals surface area contributed by atoms with E-state index in [1.807, 2.05) is 11.8 Å². The summed E-state index contributed by atoms with van der Waals surface area (Å²) >= 11 is 0. The zero-order valence-corrected chi connectivity index (χ0v) is 17.2. The monoisotopic (exact) mass is 407 g/mol. The van der Waals surface area contributed by atoms with Gasteiger partial charge in [0.2, 0.25) is 10.0 Å². The topological polar surface area (TPSA) is 79.0 Å². The first-order valence-corrected chi connectivity index (χ1v) is 11.7. The number of hydrogen-bond donors (Lipinski definition) is 1. The number of amides is 1. The lowest BCUT2D eigenvalue weighted by Crippen LogP contribution is -2.50.